The van der Waals surface area contributed by atoms with E-state index in [4.69, 9.17) is 4.74 Å². The summed E-state index contributed by atoms with van der Waals surface area (Å²) in [6.45, 7) is 6.04. The average Bonchev–Trinajstić information content (AvgIpc) is 3.46. The topological polar surface area (TPSA) is 71.8 Å². The summed E-state index contributed by atoms with van der Waals surface area (Å²) in [6.07, 6.45) is 1.22. The van der Waals surface area contributed by atoms with Gasteiger partial charge in [-0.15, -0.1) is 11.3 Å². The number of halogens is 3. The molecule has 0 spiro atoms. The highest BCUT2D eigenvalue weighted by atomic mass is 32.1. The summed E-state index contributed by atoms with van der Waals surface area (Å²) in [5.74, 6) is -3.01. The van der Waals surface area contributed by atoms with Crippen LogP contribution in [0.4, 0.5) is 13.2 Å². The zero-order valence-corrected chi connectivity index (χ0v) is 23.6. The SMILES string of the molecule is Cc1cc(F)cc(C)c1Oc1ccc(C(C)(C)O)cc1-c1cn(C)c(=O)c2sc(C(=O)N3CCC(F)(F)C3)cc12. The molecule has 5 rings (SSSR count). The molecule has 1 saturated heterocycles. The number of likely N-dealkylation sites (tertiary alicyclic amines) is 1. The molecule has 0 bridgehead atoms. The third kappa shape index (κ3) is 5.13. The fraction of sp³-hybridized carbons (Fsp3) is 0.333. The van der Waals surface area contributed by atoms with Crippen molar-refractivity contribution >= 4 is 27.3 Å². The fourth-order valence-electron chi connectivity index (χ4n) is 5.00. The number of benzene rings is 2. The first-order valence-electron chi connectivity index (χ1n) is 12.8. The lowest BCUT2D eigenvalue weighted by molar-refractivity contribution is 0.0121. The van der Waals surface area contributed by atoms with E-state index in [0.29, 0.717) is 49.4 Å². The molecule has 0 radical (unpaired) electrons. The third-order valence-electron chi connectivity index (χ3n) is 7.14. The minimum absolute atomic E-state index is 0.0626. The highest BCUT2D eigenvalue weighted by Crippen LogP contribution is 2.42. The molecular formula is C30H29F3N2O4S. The number of aryl methyl sites for hydroxylation is 3. The Bertz CT molecular complexity index is 1700. The Morgan fingerprint density at radius 1 is 1.10 bits per heavy atom. The first kappa shape index (κ1) is 27.9. The number of ether oxygens (including phenoxy) is 1. The van der Waals surface area contributed by atoms with E-state index in [2.05, 4.69) is 0 Å². The van der Waals surface area contributed by atoms with Gasteiger partial charge < -0.3 is 19.3 Å². The molecule has 40 heavy (non-hydrogen) atoms. The lowest BCUT2D eigenvalue weighted by Crippen LogP contribution is -2.30. The van der Waals surface area contributed by atoms with Crippen LogP contribution in [0.25, 0.3) is 21.2 Å². The monoisotopic (exact) mass is 570 g/mol. The number of hydrogen-bond acceptors (Lipinski definition) is 5. The number of aromatic nitrogens is 1. The summed E-state index contributed by atoms with van der Waals surface area (Å²) >= 11 is 0.967. The molecule has 0 unspecified atom stereocenters. The second kappa shape index (κ2) is 9.78. The number of fused-ring (bicyclic) bond motifs is 1. The molecule has 1 aliphatic rings. The van der Waals surface area contributed by atoms with Crippen molar-refractivity contribution in [1.82, 2.24) is 9.47 Å². The predicted molar refractivity (Wildman–Crippen MR) is 149 cm³/mol. The van der Waals surface area contributed by atoms with Gasteiger partial charge in [0.15, 0.2) is 0 Å². The van der Waals surface area contributed by atoms with Gasteiger partial charge in [0.25, 0.3) is 17.4 Å². The smallest absolute Gasteiger partial charge is 0.268 e. The number of carbonyl (C=O) groups is 1. The van der Waals surface area contributed by atoms with Crippen LogP contribution >= 0.6 is 11.3 Å². The number of pyridine rings is 1. The van der Waals surface area contributed by atoms with Crippen molar-refractivity contribution in [3.63, 3.8) is 0 Å². The highest BCUT2D eigenvalue weighted by molar-refractivity contribution is 7.20. The molecule has 210 valence electrons. The largest absolute Gasteiger partial charge is 0.456 e. The molecule has 0 saturated carbocycles. The number of carbonyl (C=O) groups excluding carboxylic acids is 1. The number of thiophene rings is 1. The molecule has 2 aromatic heterocycles. The normalized spacial score (nSPS) is 15.2. The van der Waals surface area contributed by atoms with Crippen LogP contribution in [0.1, 0.15) is 46.6 Å². The number of aliphatic hydroxyl groups is 1. The van der Waals surface area contributed by atoms with Crippen LogP contribution in [-0.4, -0.2) is 39.5 Å². The highest BCUT2D eigenvalue weighted by Gasteiger charge is 2.41. The fourth-order valence-corrected chi connectivity index (χ4v) is 6.12. The van der Waals surface area contributed by atoms with Gasteiger partial charge in [-0.05, 0) is 74.7 Å². The van der Waals surface area contributed by atoms with E-state index in [1.54, 1.807) is 65.2 Å². The van der Waals surface area contributed by atoms with Crippen LogP contribution < -0.4 is 10.3 Å². The van der Waals surface area contributed by atoms with Crippen LogP contribution in [0.2, 0.25) is 0 Å². The van der Waals surface area contributed by atoms with E-state index < -0.39 is 30.4 Å². The minimum atomic E-state index is -2.94. The molecule has 1 amide bonds. The van der Waals surface area contributed by atoms with Crippen molar-refractivity contribution in [1.29, 1.82) is 0 Å². The van der Waals surface area contributed by atoms with Crippen LogP contribution in [-0.2, 0) is 12.6 Å². The molecule has 1 fully saturated rings. The van der Waals surface area contributed by atoms with Gasteiger partial charge in [0.05, 0.1) is 17.0 Å². The quantitative estimate of drug-likeness (QED) is 0.297. The van der Waals surface area contributed by atoms with Crippen LogP contribution in [0, 0.1) is 19.7 Å². The van der Waals surface area contributed by atoms with E-state index >= 15 is 0 Å². The zero-order valence-electron chi connectivity index (χ0n) is 22.8. The summed E-state index contributed by atoms with van der Waals surface area (Å²) in [5.41, 5.74) is 1.31. The van der Waals surface area contributed by atoms with Crippen molar-refractivity contribution < 1.29 is 27.8 Å². The van der Waals surface area contributed by atoms with Gasteiger partial charge in [-0.1, -0.05) is 6.07 Å². The number of amides is 1. The van der Waals surface area contributed by atoms with Gasteiger partial charge >= 0.3 is 0 Å². The van der Waals surface area contributed by atoms with Crippen molar-refractivity contribution in [3.8, 4) is 22.6 Å². The number of rotatable bonds is 5. The second-order valence-corrected chi connectivity index (χ2v) is 11.9. The third-order valence-corrected chi connectivity index (χ3v) is 8.25. The van der Waals surface area contributed by atoms with Crippen molar-refractivity contribution in [2.24, 2.45) is 7.05 Å². The molecule has 1 aliphatic heterocycles. The molecule has 3 heterocycles. The van der Waals surface area contributed by atoms with Gasteiger partial charge in [0.2, 0.25) is 0 Å². The number of hydrogen-bond donors (Lipinski definition) is 1. The summed E-state index contributed by atoms with van der Waals surface area (Å²) in [5, 5.41) is 11.2. The van der Waals surface area contributed by atoms with E-state index in [9.17, 15) is 27.9 Å². The maximum Gasteiger partial charge on any atom is 0.268 e. The molecule has 6 nitrogen and oxygen atoms in total. The van der Waals surface area contributed by atoms with Crippen molar-refractivity contribution in [3.05, 3.63) is 80.3 Å². The Labute approximate surface area is 233 Å². The first-order valence-corrected chi connectivity index (χ1v) is 13.6. The molecule has 1 N–H and O–H groups in total. The van der Waals surface area contributed by atoms with Gasteiger partial charge in [-0.2, -0.15) is 0 Å². The van der Waals surface area contributed by atoms with Gasteiger partial charge in [-0.3, -0.25) is 9.59 Å². The standard InChI is InChI=1S/C30H29F3N2O4S/c1-16-10-19(31)11-17(2)25(16)39-23-7-6-18(29(3,4)38)12-20(23)22-14-34(5)28(37)26-21(22)13-24(40-26)27(36)35-9-8-30(32,33)15-35/h6-7,10-14,38H,8-9,15H2,1-5H3. The van der Waals surface area contributed by atoms with Crippen LogP contribution in [0.3, 0.4) is 0 Å². The lowest BCUT2D eigenvalue weighted by atomic mass is 9.93. The maximum absolute atomic E-state index is 14.0. The Morgan fingerprint density at radius 3 is 2.38 bits per heavy atom. The van der Waals surface area contributed by atoms with E-state index in [-0.39, 0.29) is 22.8 Å². The van der Waals surface area contributed by atoms with Crippen LogP contribution in [0.15, 0.2) is 47.4 Å². The zero-order chi connectivity index (χ0) is 29.1. The van der Waals surface area contributed by atoms with E-state index in [1.165, 1.54) is 16.7 Å². The first-order chi connectivity index (χ1) is 18.6. The van der Waals surface area contributed by atoms with Crippen molar-refractivity contribution in [2.45, 2.75) is 45.6 Å². The summed E-state index contributed by atoms with van der Waals surface area (Å²) in [7, 11) is 1.59. The van der Waals surface area contributed by atoms with Gasteiger partial charge in [-0.25, -0.2) is 13.2 Å². The summed E-state index contributed by atoms with van der Waals surface area (Å²) < 4.78 is 49.6. The molecule has 0 aliphatic carbocycles. The molecule has 0 atom stereocenters. The Balaban J connectivity index is 1.70. The molecule has 2 aromatic carbocycles. The number of alkyl halides is 2. The second-order valence-electron chi connectivity index (χ2n) is 10.9. The Kier molecular flexibility index (Phi) is 6.82. The Morgan fingerprint density at radius 2 is 1.77 bits per heavy atom. The summed E-state index contributed by atoms with van der Waals surface area (Å²) in [4.78, 5) is 27.6. The average molecular weight is 571 g/mol. The number of nitrogens with zero attached hydrogens (tertiary/aromatic N) is 2. The van der Waals surface area contributed by atoms with Crippen LogP contribution in [0.5, 0.6) is 11.5 Å². The van der Waals surface area contributed by atoms with Gasteiger partial charge in [0, 0.05) is 42.7 Å². The minimum Gasteiger partial charge on any atom is -0.456 e. The lowest BCUT2D eigenvalue weighted by Gasteiger charge is -2.22. The molecule has 10 heteroatoms. The summed E-state index contributed by atoms with van der Waals surface area (Å²) in [6, 6.07) is 9.48. The predicted octanol–water partition coefficient (Wildman–Crippen LogP) is 6.52. The molecule has 4 aromatic rings. The maximum atomic E-state index is 14.0. The Hall–Kier alpha value is -3.63. The van der Waals surface area contributed by atoms with Crippen molar-refractivity contribution in [2.75, 3.05) is 13.1 Å². The molecular weight excluding hydrogens is 541 g/mol. The van der Waals surface area contributed by atoms with E-state index in [1.807, 2.05) is 0 Å². The van der Waals surface area contributed by atoms with E-state index in [0.717, 1.165) is 16.2 Å². The van der Waals surface area contributed by atoms with Gasteiger partial charge in [0.1, 0.15) is 22.0 Å².